The van der Waals surface area contributed by atoms with Gasteiger partial charge in [0.25, 0.3) is 5.91 Å². The minimum absolute atomic E-state index is 0.334. The molecule has 0 spiro atoms. The summed E-state index contributed by atoms with van der Waals surface area (Å²) in [5.74, 6) is -0.318. The summed E-state index contributed by atoms with van der Waals surface area (Å²) in [7, 11) is 0. The Balaban J connectivity index is 1.69. The SMILES string of the molecule is Cc1cc(C(=O)O[C@H](C)C(=O)Nc2ccccc2C#N)c(C)n1Cc1ccco1. The molecule has 1 N–H and O–H groups in total. The first kappa shape index (κ1) is 20.0. The van der Waals surface area contributed by atoms with E-state index in [1.165, 1.54) is 6.92 Å². The third-order valence-corrected chi connectivity index (χ3v) is 4.65. The number of furan rings is 1. The van der Waals surface area contributed by atoms with Crippen molar-refractivity contribution >= 4 is 17.6 Å². The number of nitrogens with zero attached hydrogens (tertiary/aromatic N) is 2. The quantitative estimate of drug-likeness (QED) is 0.645. The van der Waals surface area contributed by atoms with Crippen LogP contribution in [0.5, 0.6) is 0 Å². The normalized spacial score (nSPS) is 11.5. The summed E-state index contributed by atoms with van der Waals surface area (Å²) in [4.78, 5) is 25.0. The number of anilines is 1. The molecule has 1 amide bonds. The standard InChI is InChI=1S/C22H21N3O4/c1-14-11-19(15(2)25(14)13-18-8-6-10-28-18)22(27)29-16(3)21(26)24-20-9-5-4-7-17(20)12-23/h4-11,16H,13H2,1-3H3,(H,24,26)/t16-/m1/s1. The van der Waals surface area contributed by atoms with Gasteiger partial charge in [-0.25, -0.2) is 4.79 Å². The van der Waals surface area contributed by atoms with E-state index in [9.17, 15) is 9.59 Å². The van der Waals surface area contributed by atoms with Crippen LogP contribution in [0.25, 0.3) is 0 Å². The Morgan fingerprint density at radius 1 is 1.24 bits per heavy atom. The zero-order valence-electron chi connectivity index (χ0n) is 16.4. The molecule has 0 radical (unpaired) electrons. The number of carbonyl (C=O) groups excluding carboxylic acids is 2. The summed E-state index contributed by atoms with van der Waals surface area (Å²) >= 11 is 0. The zero-order chi connectivity index (χ0) is 21.0. The highest BCUT2D eigenvalue weighted by Crippen LogP contribution is 2.20. The summed E-state index contributed by atoms with van der Waals surface area (Å²) in [5, 5.41) is 11.7. The van der Waals surface area contributed by atoms with Gasteiger partial charge in [-0.05, 0) is 51.1 Å². The molecule has 2 heterocycles. The van der Waals surface area contributed by atoms with E-state index in [0.29, 0.717) is 23.4 Å². The number of nitrogens with one attached hydrogen (secondary N) is 1. The molecule has 7 nitrogen and oxygen atoms in total. The van der Waals surface area contributed by atoms with Gasteiger partial charge in [0.15, 0.2) is 6.10 Å². The van der Waals surface area contributed by atoms with Crippen LogP contribution in [0.4, 0.5) is 5.69 Å². The summed E-state index contributed by atoms with van der Waals surface area (Å²) in [6.45, 7) is 5.70. The molecule has 0 fully saturated rings. The van der Waals surface area contributed by atoms with Crippen molar-refractivity contribution in [3.63, 3.8) is 0 Å². The number of hydrogen-bond acceptors (Lipinski definition) is 5. The van der Waals surface area contributed by atoms with Gasteiger partial charge in [-0.3, -0.25) is 4.79 Å². The molecule has 0 unspecified atom stereocenters. The molecule has 1 atom stereocenters. The Bertz CT molecular complexity index is 1070. The van der Waals surface area contributed by atoms with Crippen LogP contribution in [0.3, 0.4) is 0 Å². The van der Waals surface area contributed by atoms with Gasteiger partial charge in [-0.2, -0.15) is 5.26 Å². The third kappa shape index (κ3) is 4.38. The van der Waals surface area contributed by atoms with Crippen LogP contribution in [0.2, 0.25) is 0 Å². The second-order valence-electron chi connectivity index (χ2n) is 6.64. The lowest BCUT2D eigenvalue weighted by Gasteiger charge is -2.14. The molecule has 148 valence electrons. The number of esters is 1. The van der Waals surface area contributed by atoms with E-state index < -0.39 is 18.0 Å². The first-order valence-corrected chi connectivity index (χ1v) is 9.10. The molecule has 3 aromatic rings. The number of aromatic nitrogens is 1. The smallest absolute Gasteiger partial charge is 0.340 e. The van der Waals surface area contributed by atoms with Gasteiger partial charge in [-0.1, -0.05) is 12.1 Å². The third-order valence-electron chi connectivity index (χ3n) is 4.65. The molecule has 0 aliphatic heterocycles. The lowest BCUT2D eigenvalue weighted by Crippen LogP contribution is -2.30. The zero-order valence-corrected chi connectivity index (χ0v) is 16.4. The lowest BCUT2D eigenvalue weighted by molar-refractivity contribution is -0.123. The number of aryl methyl sites for hydroxylation is 1. The van der Waals surface area contributed by atoms with Crippen molar-refractivity contribution in [1.29, 1.82) is 5.26 Å². The first-order valence-electron chi connectivity index (χ1n) is 9.10. The van der Waals surface area contributed by atoms with Crippen molar-refractivity contribution in [3.8, 4) is 6.07 Å². The molecule has 7 heteroatoms. The van der Waals surface area contributed by atoms with Gasteiger partial charge in [-0.15, -0.1) is 0 Å². The predicted octanol–water partition coefficient (Wildman–Crippen LogP) is 3.80. The second-order valence-corrected chi connectivity index (χ2v) is 6.64. The highest BCUT2D eigenvalue weighted by atomic mass is 16.5. The average molecular weight is 391 g/mol. The Morgan fingerprint density at radius 2 is 2.00 bits per heavy atom. The molecule has 29 heavy (non-hydrogen) atoms. The van der Waals surface area contributed by atoms with Gasteiger partial charge < -0.3 is 19.0 Å². The first-order chi connectivity index (χ1) is 13.9. The predicted molar refractivity (Wildman–Crippen MR) is 106 cm³/mol. The van der Waals surface area contributed by atoms with Crippen LogP contribution in [0.1, 0.15) is 40.0 Å². The summed E-state index contributed by atoms with van der Waals surface area (Å²) in [6.07, 6.45) is 0.575. The molecule has 0 bridgehead atoms. The number of benzene rings is 1. The van der Waals surface area contributed by atoms with E-state index in [2.05, 4.69) is 5.32 Å². The van der Waals surface area contributed by atoms with Crippen LogP contribution in [-0.2, 0) is 16.1 Å². The van der Waals surface area contributed by atoms with E-state index in [0.717, 1.165) is 17.1 Å². The van der Waals surface area contributed by atoms with E-state index >= 15 is 0 Å². The highest BCUT2D eigenvalue weighted by molar-refractivity contribution is 5.98. The molecule has 1 aromatic carbocycles. The van der Waals surface area contributed by atoms with E-state index in [1.54, 1.807) is 36.6 Å². The number of para-hydroxylation sites is 1. The van der Waals surface area contributed by atoms with Crippen molar-refractivity contribution in [2.45, 2.75) is 33.4 Å². The molecular weight excluding hydrogens is 370 g/mol. The summed E-state index contributed by atoms with van der Waals surface area (Å²) in [6, 6.07) is 14.0. The molecule has 0 saturated heterocycles. The number of nitriles is 1. The summed E-state index contributed by atoms with van der Waals surface area (Å²) < 4.78 is 12.7. The fourth-order valence-electron chi connectivity index (χ4n) is 3.01. The molecule has 0 aliphatic rings. The van der Waals surface area contributed by atoms with Gasteiger partial charge in [0.2, 0.25) is 0 Å². The van der Waals surface area contributed by atoms with Crippen LogP contribution in [0.15, 0.2) is 53.1 Å². The molecule has 2 aromatic heterocycles. The van der Waals surface area contributed by atoms with Crippen molar-refractivity contribution in [2.75, 3.05) is 5.32 Å². The number of hydrogen-bond donors (Lipinski definition) is 1. The van der Waals surface area contributed by atoms with Crippen molar-refractivity contribution in [1.82, 2.24) is 4.57 Å². The second kappa shape index (κ2) is 8.48. The Hall–Kier alpha value is -3.79. The maximum atomic E-state index is 12.6. The van der Waals surface area contributed by atoms with Crippen LogP contribution in [0, 0.1) is 25.2 Å². The average Bonchev–Trinajstić information content (AvgIpc) is 3.32. The Kier molecular flexibility index (Phi) is 5.84. The van der Waals surface area contributed by atoms with E-state index in [-0.39, 0.29) is 0 Å². The lowest BCUT2D eigenvalue weighted by atomic mass is 10.2. The molecule has 0 saturated carbocycles. The molecule has 3 rings (SSSR count). The van der Waals surface area contributed by atoms with Crippen LogP contribution in [-0.4, -0.2) is 22.5 Å². The highest BCUT2D eigenvalue weighted by Gasteiger charge is 2.23. The van der Waals surface area contributed by atoms with Crippen LogP contribution < -0.4 is 5.32 Å². The fraction of sp³-hybridized carbons (Fsp3) is 0.227. The van der Waals surface area contributed by atoms with Crippen molar-refractivity contribution in [3.05, 3.63) is 77.0 Å². The minimum atomic E-state index is -1.03. The van der Waals surface area contributed by atoms with Crippen molar-refractivity contribution in [2.24, 2.45) is 0 Å². The molecule has 0 aliphatic carbocycles. The summed E-state index contributed by atoms with van der Waals surface area (Å²) in [5.41, 5.74) is 2.71. The monoisotopic (exact) mass is 391 g/mol. The van der Waals surface area contributed by atoms with E-state index in [1.807, 2.05) is 36.6 Å². The Labute approximate surface area is 168 Å². The van der Waals surface area contributed by atoms with Gasteiger partial charge in [0, 0.05) is 11.4 Å². The maximum Gasteiger partial charge on any atom is 0.340 e. The topological polar surface area (TPSA) is 97.3 Å². The van der Waals surface area contributed by atoms with Gasteiger partial charge in [0.1, 0.15) is 11.8 Å². The van der Waals surface area contributed by atoms with Gasteiger partial charge in [0.05, 0.1) is 29.6 Å². The number of carbonyl (C=O) groups is 2. The number of ether oxygens (including phenoxy) is 1. The number of rotatable bonds is 6. The van der Waals surface area contributed by atoms with Crippen LogP contribution >= 0.6 is 0 Å². The maximum absolute atomic E-state index is 12.6. The van der Waals surface area contributed by atoms with E-state index in [4.69, 9.17) is 14.4 Å². The number of amides is 1. The van der Waals surface area contributed by atoms with Crippen molar-refractivity contribution < 1.29 is 18.7 Å². The molecular formula is C22H21N3O4. The largest absolute Gasteiger partial charge is 0.467 e. The Morgan fingerprint density at radius 3 is 2.69 bits per heavy atom. The minimum Gasteiger partial charge on any atom is -0.467 e. The fourth-order valence-corrected chi connectivity index (χ4v) is 3.01. The van der Waals surface area contributed by atoms with Gasteiger partial charge >= 0.3 is 5.97 Å².